The molecular formula is C12H15NO4. The van der Waals surface area contributed by atoms with Crippen LogP contribution in [0.1, 0.15) is 26.7 Å². The van der Waals surface area contributed by atoms with Gasteiger partial charge in [0.1, 0.15) is 5.54 Å². The second-order valence-electron chi connectivity index (χ2n) is 5.03. The normalized spacial score (nSPS) is 28.5. The molecule has 5 nitrogen and oxygen atoms in total. The fraction of sp³-hybridized carbons (Fsp3) is 0.583. The second kappa shape index (κ2) is 3.68. The van der Waals surface area contributed by atoms with E-state index >= 15 is 0 Å². The number of carbonyl (C=O) groups is 3. The number of hydrogen-bond acceptors (Lipinski definition) is 3. The number of fused-ring (bicyclic) bond motifs is 1. The Kier molecular flexibility index (Phi) is 2.56. The van der Waals surface area contributed by atoms with Crippen LogP contribution in [0.5, 0.6) is 0 Å². The van der Waals surface area contributed by atoms with E-state index in [9.17, 15) is 14.4 Å². The Bertz CT molecular complexity index is 398. The number of allylic oxidation sites excluding steroid dienone is 2. The van der Waals surface area contributed by atoms with Crippen LogP contribution in [0.3, 0.4) is 0 Å². The molecule has 1 heterocycles. The van der Waals surface area contributed by atoms with E-state index in [1.807, 2.05) is 12.2 Å². The van der Waals surface area contributed by atoms with E-state index < -0.39 is 11.5 Å². The first kappa shape index (κ1) is 11.8. The molecule has 2 rings (SSSR count). The van der Waals surface area contributed by atoms with Crippen molar-refractivity contribution in [3.63, 3.8) is 0 Å². The Hall–Kier alpha value is -1.65. The predicted octanol–water partition coefficient (Wildman–Crippen LogP) is 0.801. The minimum Gasteiger partial charge on any atom is -0.480 e. The van der Waals surface area contributed by atoms with Crippen molar-refractivity contribution in [2.75, 3.05) is 0 Å². The molecule has 2 amide bonds. The summed E-state index contributed by atoms with van der Waals surface area (Å²) in [6.45, 7) is 2.77. The lowest BCUT2D eigenvalue weighted by Gasteiger charge is -2.29. The third kappa shape index (κ3) is 1.57. The van der Waals surface area contributed by atoms with E-state index in [1.54, 1.807) is 0 Å². The number of likely N-dealkylation sites (tertiary alicyclic amines) is 1. The Labute approximate surface area is 99.1 Å². The summed E-state index contributed by atoms with van der Waals surface area (Å²) in [6, 6.07) is 0. The number of carbonyl (C=O) groups excluding carboxylic acids is 2. The van der Waals surface area contributed by atoms with Gasteiger partial charge in [0.25, 0.3) is 0 Å². The van der Waals surface area contributed by atoms with Crippen LogP contribution in [-0.2, 0) is 14.4 Å². The van der Waals surface area contributed by atoms with Gasteiger partial charge in [-0.25, -0.2) is 4.79 Å². The number of amides is 2. The van der Waals surface area contributed by atoms with E-state index in [2.05, 4.69) is 0 Å². The number of hydrogen-bond donors (Lipinski definition) is 1. The molecule has 2 unspecified atom stereocenters. The van der Waals surface area contributed by atoms with Crippen LogP contribution in [0, 0.1) is 11.8 Å². The van der Waals surface area contributed by atoms with Gasteiger partial charge in [0, 0.05) is 0 Å². The van der Waals surface area contributed by atoms with Crippen molar-refractivity contribution in [3.05, 3.63) is 12.2 Å². The monoisotopic (exact) mass is 237 g/mol. The largest absolute Gasteiger partial charge is 0.480 e. The molecule has 2 aliphatic rings. The first-order valence-electron chi connectivity index (χ1n) is 5.63. The molecule has 1 saturated heterocycles. The van der Waals surface area contributed by atoms with Crippen LogP contribution in [0.2, 0.25) is 0 Å². The smallest absolute Gasteiger partial charge is 0.329 e. The Balaban J connectivity index is 2.36. The average Bonchev–Trinajstić information content (AvgIpc) is 2.52. The van der Waals surface area contributed by atoms with Gasteiger partial charge in [0.2, 0.25) is 11.8 Å². The van der Waals surface area contributed by atoms with E-state index in [4.69, 9.17) is 5.11 Å². The van der Waals surface area contributed by atoms with Crippen LogP contribution in [0.4, 0.5) is 0 Å². The maximum absolute atomic E-state index is 12.1. The molecule has 5 heteroatoms. The number of nitrogens with zero attached hydrogens (tertiary/aromatic N) is 1. The Morgan fingerprint density at radius 3 is 2.00 bits per heavy atom. The fourth-order valence-electron chi connectivity index (χ4n) is 2.45. The summed E-state index contributed by atoms with van der Waals surface area (Å²) >= 11 is 0. The number of aliphatic carboxylic acids is 1. The topological polar surface area (TPSA) is 74.7 Å². The molecular weight excluding hydrogens is 222 g/mol. The highest BCUT2D eigenvalue weighted by Crippen LogP contribution is 2.38. The molecule has 17 heavy (non-hydrogen) atoms. The highest BCUT2D eigenvalue weighted by molar-refractivity contribution is 6.08. The summed E-state index contributed by atoms with van der Waals surface area (Å²) in [4.78, 5) is 36.3. The zero-order valence-electron chi connectivity index (χ0n) is 9.84. The molecule has 2 atom stereocenters. The van der Waals surface area contributed by atoms with Crippen molar-refractivity contribution in [2.45, 2.75) is 32.2 Å². The molecule has 1 aliphatic heterocycles. The standard InChI is InChI=1S/C12H15NO4/c1-12(2,11(16)17)13-9(14)7-5-3-4-6-8(7)10(13)15/h3-4,7-8H,5-6H2,1-2H3,(H,16,17). The summed E-state index contributed by atoms with van der Waals surface area (Å²) in [5.41, 5.74) is -1.47. The van der Waals surface area contributed by atoms with Gasteiger partial charge in [-0.2, -0.15) is 0 Å². The first-order valence-corrected chi connectivity index (χ1v) is 5.63. The summed E-state index contributed by atoms with van der Waals surface area (Å²) in [5.74, 6) is -2.60. The third-order valence-electron chi connectivity index (χ3n) is 3.59. The van der Waals surface area contributed by atoms with Gasteiger partial charge >= 0.3 is 5.97 Å². The van der Waals surface area contributed by atoms with Gasteiger partial charge in [-0.3, -0.25) is 14.5 Å². The molecule has 1 fully saturated rings. The predicted molar refractivity (Wildman–Crippen MR) is 58.9 cm³/mol. The quantitative estimate of drug-likeness (QED) is 0.569. The van der Waals surface area contributed by atoms with Crippen LogP contribution < -0.4 is 0 Å². The minimum atomic E-state index is -1.47. The number of carboxylic acids is 1. The van der Waals surface area contributed by atoms with Crippen molar-refractivity contribution in [1.29, 1.82) is 0 Å². The molecule has 0 spiro atoms. The van der Waals surface area contributed by atoms with Crippen molar-refractivity contribution in [1.82, 2.24) is 4.90 Å². The second-order valence-corrected chi connectivity index (χ2v) is 5.03. The number of carboxylic acid groups (broad SMARTS) is 1. The maximum atomic E-state index is 12.1. The van der Waals surface area contributed by atoms with Gasteiger partial charge in [-0.05, 0) is 26.7 Å². The molecule has 0 saturated carbocycles. The average molecular weight is 237 g/mol. The molecule has 1 aliphatic carbocycles. The molecule has 0 radical (unpaired) electrons. The number of rotatable bonds is 2. The Morgan fingerprint density at radius 1 is 1.24 bits per heavy atom. The van der Waals surface area contributed by atoms with E-state index in [1.165, 1.54) is 13.8 Å². The zero-order chi connectivity index (χ0) is 12.8. The van der Waals surface area contributed by atoms with E-state index in [0.29, 0.717) is 12.8 Å². The van der Waals surface area contributed by atoms with Crippen LogP contribution >= 0.6 is 0 Å². The van der Waals surface area contributed by atoms with E-state index in [0.717, 1.165) is 4.90 Å². The molecule has 0 aromatic heterocycles. The van der Waals surface area contributed by atoms with Crippen LogP contribution in [-0.4, -0.2) is 33.3 Å². The first-order chi connectivity index (χ1) is 7.87. The molecule has 0 aromatic rings. The highest BCUT2D eigenvalue weighted by atomic mass is 16.4. The third-order valence-corrected chi connectivity index (χ3v) is 3.59. The highest BCUT2D eigenvalue weighted by Gasteiger charge is 2.54. The van der Waals surface area contributed by atoms with Crippen molar-refractivity contribution >= 4 is 17.8 Å². The van der Waals surface area contributed by atoms with Gasteiger partial charge in [0.05, 0.1) is 11.8 Å². The van der Waals surface area contributed by atoms with Gasteiger partial charge in [-0.15, -0.1) is 0 Å². The number of imide groups is 1. The lowest BCUT2D eigenvalue weighted by Crippen LogP contribution is -2.53. The van der Waals surface area contributed by atoms with Crippen molar-refractivity contribution < 1.29 is 19.5 Å². The maximum Gasteiger partial charge on any atom is 0.329 e. The van der Waals surface area contributed by atoms with Gasteiger partial charge in [0.15, 0.2) is 0 Å². The fourth-order valence-corrected chi connectivity index (χ4v) is 2.45. The molecule has 0 bridgehead atoms. The summed E-state index contributed by atoms with van der Waals surface area (Å²) < 4.78 is 0. The minimum absolute atomic E-state index is 0.350. The SMILES string of the molecule is CC(C)(C(=O)O)N1C(=O)C2CC=CCC2C1=O. The van der Waals surface area contributed by atoms with Gasteiger partial charge in [-0.1, -0.05) is 12.2 Å². The van der Waals surface area contributed by atoms with Crippen LogP contribution in [0.25, 0.3) is 0 Å². The lowest BCUT2D eigenvalue weighted by molar-refractivity contribution is -0.161. The van der Waals surface area contributed by atoms with E-state index in [-0.39, 0.29) is 23.7 Å². The summed E-state index contributed by atoms with van der Waals surface area (Å²) in [5, 5.41) is 9.11. The Morgan fingerprint density at radius 2 is 1.65 bits per heavy atom. The summed E-state index contributed by atoms with van der Waals surface area (Å²) in [7, 11) is 0. The van der Waals surface area contributed by atoms with Crippen molar-refractivity contribution in [3.8, 4) is 0 Å². The zero-order valence-corrected chi connectivity index (χ0v) is 9.84. The summed E-state index contributed by atoms with van der Waals surface area (Å²) in [6.07, 6.45) is 4.82. The molecule has 1 N–H and O–H groups in total. The lowest BCUT2D eigenvalue weighted by atomic mass is 9.85. The molecule has 0 aromatic carbocycles. The van der Waals surface area contributed by atoms with Crippen molar-refractivity contribution in [2.24, 2.45) is 11.8 Å². The van der Waals surface area contributed by atoms with Crippen LogP contribution in [0.15, 0.2) is 12.2 Å². The van der Waals surface area contributed by atoms with Gasteiger partial charge < -0.3 is 5.11 Å². The molecule has 92 valence electrons.